The van der Waals surface area contributed by atoms with Crippen molar-refractivity contribution in [3.63, 3.8) is 0 Å². The van der Waals surface area contributed by atoms with Gasteiger partial charge in [0.2, 0.25) is 0 Å². The lowest BCUT2D eigenvalue weighted by Gasteiger charge is -2.28. The molecule has 1 saturated heterocycles. The number of hydrogen-bond donors (Lipinski definition) is 1. The lowest BCUT2D eigenvalue weighted by Crippen LogP contribution is -2.37. The van der Waals surface area contributed by atoms with Crippen molar-refractivity contribution >= 4 is 11.8 Å². The van der Waals surface area contributed by atoms with Crippen LogP contribution in [0.4, 0.5) is 0 Å². The Morgan fingerprint density at radius 1 is 1.12 bits per heavy atom. The fraction of sp³-hybridized carbons (Fsp3) is 0.600. The minimum Gasteiger partial charge on any atom is -0.306 e. The van der Waals surface area contributed by atoms with Crippen molar-refractivity contribution in [1.29, 1.82) is 0 Å². The maximum absolute atomic E-state index is 3.91. The molecule has 0 amide bonds. The number of rotatable bonds is 4. The van der Waals surface area contributed by atoms with E-state index in [9.17, 15) is 0 Å². The number of nitrogens with one attached hydrogen (secondary N) is 1. The van der Waals surface area contributed by atoms with Crippen molar-refractivity contribution in [3.8, 4) is 0 Å². The smallest absolute Gasteiger partial charge is 0.0351 e. The number of hydrogen-bond acceptors (Lipinski definition) is 2. The van der Waals surface area contributed by atoms with Crippen molar-refractivity contribution < 1.29 is 0 Å². The predicted molar refractivity (Wildman–Crippen MR) is 75.4 cm³/mol. The van der Waals surface area contributed by atoms with Gasteiger partial charge >= 0.3 is 0 Å². The zero-order chi connectivity index (χ0) is 11.5. The summed E-state index contributed by atoms with van der Waals surface area (Å²) >= 11 is 2.11. The van der Waals surface area contributed by atoms with Gasteiger partial charge in [0.1, 0.15) is 0 Å². The van der Waals surface area contributed by atoms with E-state index in [0.29, 0.717) is 6.04 Å². The van der Waals surface area contributed by atoms with Crippen LogP contribution in [0, 0.1) is 5.92 Å². The van der Waals surface area contributed by atoms with Crippen molar-refractivity contribution in [1.82, 2.24) is 5.32 Å². The molecule has 0 bridgehead atoms. The van der Waals surface area contributed by atoms with Crippen molar-refractivity contribution in [2.75, 3.05) is 11.5 Å². The molecule has 1 heterocycles. The molecule has 1 aliphatic heterocycles. The molecule has 0 radical (unpaired) electrons. The van der Waals surface area contributed by atoms with Crippen molar-refractivity contribution in [2.24, 2.45) is 5.92 Å². The van der Waals surface area contributed by atoms with Gasteiger partial charge in [-0.3, -0.25) is 0 Å². The largest absolute Gasteiger partial charge is 0.306 e. The van der Waals surface area contributed by atoms with E-state index in [-0.39, 0.29) is 0 Å². The second-order valence-corrected chi connectivity index (χ2v) is 6.46. The Labute approximate surface area is 108 Å². The molecule has 1 nitrogen and oxygen atoms in total. The van der Waals surface area contributed by atoms with Gasteiger partial charge in [0.05, 0.1) is 0 Å². The Kier molecular flexibility index (Phi) is 3.72. The van der Waals surface area contributed by atoms with Crippen molar-refractivity contribution in [2.45, 2.75) is 37.8 Å². The monoisotopic (exact) mass is 247 g/mol. The summed E-state index contributed by atoms with van der Waals surface area (Å²) in [5, 5.41) is 3.91. The lowest BCUT2D eigenvalue weighted by molar-refractivity contribution is 0.402. The minimum atomic E-state index is 0.611. The second kappa shape index (κ2) is 5.45. The highest BCUT2D eigenvalue weighted by molar-refractivity contribution is 7.99. The molecule has 3 rings (SSSR count). The highest BCUT2D eigenvalue weighted by atomic mass is 32.2. The molecule has 1 aliphatic carbocycles. The van der Waals surface area contributed by atoms with E-state index in [4.69, 9.17) is 0 Å². The molecule has 2 atom stereocenters. The van der Waals surface area contributed by atoms with Gasteiger partial charge in [0.25, 0.3) is 0 Å². The minimum absolute atomic E-state index is 0.611. The third kappa shape index (κ3) is 3.05. The summed E-state index contributed by atoms with van der Waals surface area (Å²) < 4.78 is 0. The van der Waals surface area contributed by atoms with E-state index in [1.807, 2.05) is 0 Å². The first-order valence-corrected chi connectivity index (χ1v) is 7.98. The number of thioether (sulfide) groups is 1. The topological polar surface area (TPSA) is 12.0 Å². The first-order valence-electron chi connectivity index (χ1n) is 6.82. The molecule has 2 unspecified atom stereocenters. The third-order valence-electron chi connectivity index (χ3n) is 3.83. The molecule has 1 aromatic carbocycles. The Balaban J connectivity index is 1.67. The van der Waals surface area contributed by atoms with Gasteiger partial charge in [0, 0.05) is 17.8 Å². The highest BCUT2D eigenvalue weighted by Crippen LogP contribution is 2.41. The summed E-state index contributed by atoms with van der Waals surface area (Å²) in [4.78, 5) is 0. The molecule has 2 fully saturated rings. The summed E-state index contributed by atoms with van der Waals surface area (Å²) in [6, 6.07) is 12.4. The number of benzene rings is 1. The van der Waals surface area contributed by atoms with E-state index in [1.165, 1.54) is 42.8 Å². The molecular formula is C15H21NS. The molecule has 2 heteroatoms. The van der Waals surface area contributed by atoms with E-state index < -0.39 is 0 Å². The zero-order valence-electron chi connectivity index (χ0n) is 10.3. The van der Waals surface area contributed by atoms with Crippen LogP contribution in [0.1, 0.15) is 37.3 Å². The molecular weight excluding hydrogens is 226 g/mol. The lowest BCUT2D eigenvalue weighted by atomic mass is 10.0. The summed E-state index contributed by atoms with van der Waals surface area (Å²) in [7, 11) is 0. The van der Waals surface area contributed by atoms with E-state index in [2.05, 4.69) is 47.4 Å². The van der Waals surface area contributed by atoms with Gasteiger partial charge in [-0.1, -0.05) is 30.3 Å². The first-order chi connectivity index (χ1) is 8.43. The highest BCUT2D eigenvalue weighted by Gasteiger charge is 2.33. The maximum atomic E-state index is 3.91. The summed E-state index contributed by atoms with van der Waals surface area (Å²) in [5.74, 6) is 3.55. The van der Waals surface area contributed by atoms with E-state index in [1.54, 1.807) is 0 Å². The Bertz CT molecular complexity index is 341. The molecule has 1 aromatic rings. The average molecular weight is 247 g/mol. The second-order valence-electron chi connectivity index (χ2n) is 5.31. The van der Waals surface area contributed by atoms with Gasteiger partial charge in [-0.2, -0.15) is 11.8 Å². The molecule has 0 spiro atoms. The molecule has 92 valence electrons. The van der Waals surface area contributed by atoms with Crippen LogP contribution in [0.5, 0.6) is 0 Å². The van der Waals surface area contributed by atoms with Gasteiger partial charge < -0.3 is 5.32 Å². The fourth-order valence-corrected chi connectivity index (χ4v) is 3.81. The molecule has 17 heavy (non-hydrogen) atoms. The standard InChI is InChI=1S/C15H21NS/c1-2-5-12(6-3-1)15(13-8-9-13)16-14-7-4-10-17-11-14/h1-3,5-6,13-16H,4,7-11H2. The normalized spacial score (nSPS) is 26.7. The molecule has 0 aromatic heterocycles. The summed E-state index contributed by atoms with van der Waals surface area (Å²) in [6.07, 6.45) is 5.57. The Hall–Kier alpha value is -0.470. The van der Waals surface area contributed by atoms with Crippen LogP contribution in [0.3, 0.4) is 0 Å². The Morgan fingerprint density at radius 3 is 2.59 bits per heavy atom. The Morgan fingerprint density at radius 2 is 1.94 bits per heavy atom. The third-order valence-corrected chi connectivity index (χ3v) is 5.04. The van der Waals surface area contributed by atoms with Crippen LogP contribution in [0.2, 0.25) is 0 Å². The summed E-state index contributed by atoms with van der Waals surface area (Å²) in [6.45, 7) is 0. The summed E-state index contributed by atoms with van der Waals surface area (Å²) in [5.41, 5.74) is 1.49. The van der Waals surface area contributed by atoms with Gasteiger partial charge in [-0.25, -0.2) is 0 Å². The zero-order valence-corrected chi connectivity index (χ0v) is 11.1. The van der Waals surface area contributed by atoms with Crippen molar-refractivity contribution in [3.05, 3.63) is 35.9 Å². The van der Waals surface area contributed by atoms with Crippen LogP contribution in [0.15, 0.2) is 30.3 Å². The first kappa shape index (κ1) is 11.6. The van der Waals surface area contributed by atoms with Gasteiger partial charge in [-0.15, -0.1) is 0 Å². The predicted octanol–water partition coefficient (Wildman–Crippen LogP) is 3.62. The average Bonchev–Trinajstić information content (AvgIpc) is 3.23. The van der Waals surface area contributed by atoms with Crippen LogP contribution in [0.25, 0.3) is 0 Å². The van der Waals surface area contributed by atoms with Crippen LogP contribution >= 0.6 is 11.8 Å². The van der Waals surface area contributed by atoms with E-state index >= 15 is 0 Å². The van der Waals surface area contributed by atoms with Crippen LogP contribution in [-0.2, 0) is 0 Å². The SMILES string of the molecule is c1ccc(C(NC2CCCSC2)C2CC2)cc1. The van der Waals surface area contributed by atoms with E-state index in [0.717, 1.165) is 12.0 Å². The van der Waals surface area contributed by atoms with Gasteiger partial charge in [-0.05, 0) is 42.9 Å². The maximum Gasteiger partial charge on any atom is 0.0351 e. The quantitative estimate of drug-likeness (QED) is 0.872. The van der Waals surface area contributed by atoms with Crippen LogP contribution in [-0.4, -0.2) is 17.5 Å². The molecule has 2 aliphatic rings. The molecule has 1 N–H and O–H groups in total. The molecule has 1 saturated carbocycles. The van der Waals surface area contributed by atoms with Crippen LogP contribution < -0.4 is 5.32 Å². The fourth-order valence-electron chi connectivity index (χ4n) is 2.72. The van der Waals surface area contributed by atoms with Gasteiger partial charge in [0.15, 0.2) is 0 Å².